The predicted molar refractivity (Wildman–Crippen MR) is 304 cm³/mol. The SMILES string of the molecule is CC(=O)N1CCCCC1.CC(C)(C)OC(=O)N1CCCCC1.CCOC(=O)N1CCCCC1.CN(C)C(=O)N1CCCCC1.CN(C)S(=O)(=O)N1CCCCC1.COC(=O)N1CCCCC1.O=C(C1CC1)N1CCCCC1. The van der Waals surface area contributed by atoms with Gasteiger partial charge in [0.25, 0.3) is 10.2 Å². The third-order valence-electron chi connectivity index (χ3n) is 14.2. The Morgan fingerprint density at radius 2 is 0.792 bits per heavy atom. The van der Waals surface area contributed by atoms with Gasteiger partial charge in [-0.1, -0.05) is 6.42 Å². The molecule has 0 aromatic carbocycles. The molecule has 0 unspecified atom stereocenters. The fraction of sp³-hybridized carbons (Fsp3) is 0.893. The number of piperidine rings is 7. The second kappa shape index (κ2) is 38.5. The van der Waals surface area contributed by atoms with Gasteiger partial charge in [-0.2, -0.15) is 17.0 Å². The van der Waals surface area contributed by atoms with Crippen LogP contribution in [0.2, 0.25) is 0 Å². The first-order valence-corrected chi connectivity index (χ1v) is 30.9. The van der Waals surface area contributed by atoms with Gasteiger partial charge in [0.2, 0.25) is 11.8 Å². The van der Waals surface area contributed by atoms with E-state index in [0.717, 1.165) is 149 Å². The van der Waals surface area contributed by atoms with Gasteiger partial charge in [-0.25, -0.2) is 19.2 Å². The Balaban J connectivity index is 0.000000308. The number of likely N-dealkylation sites (tertiary alicyclic amines) is 6. The number of rotatable bonds is 4. The maximum atomic E-state index is 11.5. The first kappa shape index (κ1) is 69.0. The summed E-state index contributed by atoms with van der Waals surface area (Å²) in [6.07, 6.45) is 26.4. The van der Waals surface area contributed by atoms with Gasteiger partial charge < -0.3 is 48.5 Å². The molecule has 8 fully saturated rings. The van der Waals surface area contributed by atoms with Crippen molar-refractivity contribution in [2.24, 2.45) is 5.92 Å². The fourth-order valence-electron chi connectivity index (χ4n) is 9.51. The normalized spacial score (nSPS) is 20.0. The zero-order chi connectivity index (χ0) is 57.2. The summed E-state index contributed by atoms with van der Waals surface area (Å²) in [7, 11) is 5.05. The van der Waals surface area contributed by atoms with Gasteiger partial charge in [-0.3, -0.25) is 9.59 Å². The second-order valence-corrected chi connectivity index (χ2v) is 24.6. The number of hydrogen-bond acceptors (Lipinski definition) is 11. The van der Waals surface area contributed by atoms with E-state index < -0.39 is 10.2 Å². The largest absolute Gasteiger partial charge is 0.453 e. The molecule has 0 spiro atoms. The lowest BCUT2D eigenvalue weighted by molar-refractivity contribution is -0.133. The van der Waals surface area contributed by atoms with E-state index >= 15 is 0 Å². The molecule has 7 aliphatic heterocycles. The van der Waals surface area contributed by atoms with Crippen molar-refractivity contribution in [1.29, 1.82) is 0 Å². The molecule has 7 saturated heterocycles. The first-order chi connectivity index (χ1) is 36.6. The Labute approximate surface area is 466 Å². The van der Waals surface area contributed by atoms with Gasteiger partial charge in [-0.15, -0.1) is 0 Å². The molecule has 77 heavy (non-hydrogen) atoms. The number of urea groups is 1. The molecule has 0 aromatic rings. The van der Waals surface area contributed by atoms with E-state index in [-0.39, 0.29) is 35.8 Å². The van der Waals surface area contributed by atoms with E-state index in [9.17, 15) is 37.2 Å². The minimum absolute atomic E-state index is 0.146. The quantitative estimate of drug-likeness (QED) is 0.244. The summed E-state index contributed by atoms with van der Waals surface area (Å²) in [5.41, 5.74) is -0.367. The van der Waals surface area contributed by atoms with Crippen LogP contribution >= 0.6 is 0 Å². The van der Waals surface area contributed by atoms with Crippen molar-refractivity contribution in [2.45, 2.75) is 188 Å². The molecule has 8 rings (SSSR count). The first-order valence-electron chi connectivity index (χ1n) is 29.5. The minimum Gasteiger partial charge on any atom is -0.453 e. The second-order valence-electron chi connectivity index (χ2n) is 22.5. The van der Waals surface area contributed by atoms with Crippen molar-refractivity contribution < 1.29 is 51.4 Å². The average molecular weight is 1110 g/mol. The maximum absolute atomic E-state index is 11.5. The zero-order valence-corrected chi connectivity index (χ0v) is 50.7. The molecular formula is C56H107N9O11S. The Morgan fingerprint density at radius 1 is 0.468 bits per heavy atom. The van der Waals surface area contributed by atoms with Crippen molar-refractivity contribution in [3.8, 4) is 0 Å². The summed E-state index contributed by atoms with van der Waals surface area (Å²) in [6, 6.07) is 0.157. The standard InChI is InChI=1S/C10H19NO2.C9H15NO.C8H16N2O.C8H15NO2.C7H16N2O2S.C7H13NO2.C7H13NO/c1-10(2,3)13-9(12)11-7-5-4-6-8-11;11-9(8-4-5-8)10-6-2-1-3-7-10;1-9(2)8(11)10-6-4-3-5-7-10;1-2-11-8(10)9-6-4-3-5-7-9;1-8(2)12(10,11)9-6-4-3-5-7-9;1-10-7(9)8-5-3-2-4-6-8;1-7(9)8-5-3-2-4-6-8/h4-8H2,1-3H3;8H,1-7H2;3-7H2,1-2H3;2-7H2,1H3;3-7H2,1-2H3;2-6H2,1H3;2-6H2,1H3. The van der Waals surface area contributed by atoms with Crippen LogP contribution in [0, 0.1) is 5.92 Å². The van der Waals surface area contributed by atoms with Crippen LogP contribution in [0.25, 0.3) is 0 Å². The summed E-state index contributed by atoms with van der Waals surface area (Å²) < 4.78 is 40.6. The van der Waals surface area contributed by atoms with Gasteiger partial charge in [0.1, 0.15) is 5.60 Å². The third kappa shape index (κ3) is 29.6. The molecule has 8 aliphatic rings. The van der Waals surface area contributed by atoms with Crippen LogP contribution in [-0.4, -0.2) is 227 Å². The average Bonchev–Trinajstić information content (AvgIpc) is 4.31. The van der Waals surface area contributed by atoms with Crippen LogP contribution in [0.5, 0.6) is 0 Å². The molecule has 7 heterocycles. The van der Waals surface area contributed by atoms with E-state index in [0.29, 0.717) is 31.5 Å². The highest BCUT2D eigenvalue weighted by Gasteiger charge is 2.33. The maximum Gasteiger partial charge on any atom is 0.410 e. The summed E-state index contributed by atoms with van der Waals surface area (Å²) in [5, 5.41) is 0. The molecule has 7 amide bonds. The highest BCUT2D eigenvalue weighted by Crippen LogP contribution is 2.32. The number of methoxy groups -OCH3 is 1. The number of amides is 7. The van der Waals surface area contributed by atoms with Crippen molar-refractivity contribution >= 4 is 46.3 Å². The van der Waals surface area contributed by atoms with Gasteiger partial charge in [0.05, 0.1) is 13.7 Å². The summed E-state index contributed by atoms with van der Waals surface area (Å²) in [4.78, 5) is 79.9. The Bertz CT molecular complexity index is 1750. The fourth-order valence-corrected chi connectivity index (χ4v) is 10.7. The molecule has 0 atom stereocenters. The number of ether oxygens (including phenoxy) is 3. The highest BCUT2D eigenvalue weighted by molar-refractivity contribution is 7.86. The summed E-state index contributed by atoms with van der Waals surface area (Å²) >= 11 is 0. The van der Waals surface area contributed by atoms with Crippen molar-refractivity contribution in [3.63, 3.8) is 0 Å². The van der Waals surface area contributed by atoms with E-state index in [1.807, 2.05) is 37.5 Å². The molecule has 0 bridgehead atoms. The van der Waals surface area contributed by atoms with Crippen molar-refractivity contribution in [2.75, 3.05) is 134 Å². The highest BCUT2D eigenvalue weighted by atomic mass is 32.2. The molecule has 20 nitrogen and oxygen atoms in total. The van der Waals surface area contributed by atoms with Crippen LogP contribution in [0.15, 0.2) is 0 Å². The number of carbonyl (C=O) groups is 6. The van der Waals surface area contributed by atoms with Gasteiger partial charge in [-0.05, 0) is 169 Å². The Hall–Kier alpha value is -4.11. The number of nitrogens with zero attached hydrogens (tertiary/aromatic N) is 9. The smallest absolute Gasteiger partial charge is 0.410 e. The van der Waals surface area contributed by atoms with Crippen LogP contribution in [0.3, 0.4) is 0 Å². The van der Waals surface area contributed by atoms with E-state index in [4.69, 9.17) is 9.47 Å². The molecule has 1 saturated carbocycles. The van der Waals surface area contributed by atoms with Crippen molar-refractivity contribution in [3.05, 3.63) is 0 Å². The molecule has 21 heteroatoms. The van der Waals surface area contributed by atoms with Crippen LogP contribution in [-0.2, 0) is 34.0 Å². The lowest BCUT2D eigenvalue weighted by Gasteiger charge is -2.29. The van der Waals surface area contributed by atoms with Gasteiger partial charge >= 0.3 is 24.3 Å². The molecule has 0 N–H and O–H groups in total. The minimum atomic E-state index is -3.13. The van der Waals surface area contributed by atoms with Crippen LogP contribution < -0.4 is 0 Å². The molecular weight excluding hydrogens is 1010 g/mol. The molecule has 0 aromatic heterocycles. The molecule has 0 radical (unpaired) electrons. The van der Waals surface area contributed by atoms with E-state index in [2.05, 4.69) is 9.64 Å². The van der Waals surface area contributed by atoms with E-state index in [1.54, 1.807) is 59.0 Å². The number of carbonyl (C=O) groups excluding carboxylic acids is 6. The van der Waals surface area contributed by atoms with Crippen molar-refractivity contribution in [1.82, 2.24) is 42.9 Å². The van der Waals surface area contributed by atoms with Gasteiger partial charge in [0, 0.05) is 133 Å². The number of hydrogen-bond donors (Lipinski definition) is 0. The Morgan fingerprint density at radius 3 is 1.09 bits per heavy atom. The van der Waals surface area contributed by atoms with E-state index in [1.165, 1.54) is 88.5 Å². The Kier molecular flexibility index (Phi) is 34.5. The predicted octanol–water partition coefficient (Wildman–Crippen LogP) is 9.14. The van der Waals surface area contributed by atoms with Crippen LogP contribution in [0.4, 0.5) is 19.2 Å². The molecule has 1 aliphatic carbocycles. The lowest BCUT2D eigenvalue weighted by Crippen LogP contribution is -2.42. The molecule has 448 valence electrons. The topological polar surface area (TPSA) is 193 Å². The van der Waals surface area contributed by atoms with Crippen LogP contribution in [0.1, 0.15) is 182 Å². The van der Waals surface area contributed by atoms with Gasteiger partial charge in [0.15, 0.2) is 0 Å². The summed E-state index contributed by atoms with van der Waals surface area (Å²) in [6.45, 7) is 22.1. The third-order valence-corrected chi connectivity index (χ3v) is 16.1. The summed E-state index contributed by atoms with van der Waals surface area (Å²) in [5.74, 6) is 1.09. The monoisotopic (exact) mass is 1110 g/mol. The zero-order valence-electron chi connectivity index (χ0n) is 49.9. The lowest BCUT2D eigenvalue weighted by atomic mass is 10.1.